The van der Waals surface area contributed by atoms with Gasteiger partial charge in [0.25, 0.3) is 5.69 Å². The standard InChI is InChI=1S/C17H23N3O4/c21-17(18-12-14-4-1-2-5-15(14)20(22)23)19-9-7-13(8-10-19)16-6-3-11-24-16/h1-2,4-5,13,16H,3,6-12H2,(H,18,21)/t16-/m0/s1. The average Bonchev–Trinajstić information content (AvgIpc) is 3.14. The van der Waals surface area contributed by atoms with Crippen molar-refractivity contribution in [1.29, 1.82) is 0 Å². The fourth-order valence-corrected chi connectivity index (χ4v) is 3.57. The molecule has 2 amide bonds. The van der Waals surface area contributed by atoms with Crippen molar-refractivity contribution in [3.8, 4) is 0 Å². The minimum absolute atomic E-state index is 0.0369. The summed E-state index contributed by atoms with van der Waals surface area (Å²) in [4.78, 5) is 24.7. The third kappa shape index (κ3) is 3.84. The molecule has 130 valence electrons. The van der Waals surface area contributed by atoms with Crippen molar-refractivity contribution >= 4 is 11.7 Å². The molecule has 1 N–H and O–H groups in total. The maximum absolute atomic E-state index is 12.3. The highest BCUT2D eigenvalue weighted by Gasteiger charge is 2.30. The molecule has 1 aromatic carbocycles. The predicted octanol–water partition coefficient (Wildman–Crippen LogP) is 2.70. The number of para-hydroxylation sites is 1. The van der Waals surface area contributed by atoms with E-state index in [2.05, 4.69) is 5.32 Å². The molecule has 2 saturated heterocycles. The maximum Gasteiger partial charge on any atom is 0.317 e. The number of piperidine rings is 1. The summed E-state index contributed by atoms with van der Waals surface area (Å²) in [5, 5.41) is 13.8. The lowest BCUT2D eigenvalue weighted by atomic mass is 9.90. The molecule has 3 rings (SSSR count). The Hall–Kier alpha value is -2.15. The van der Waals surface area contributed by atoms with E-state index in [1.807, 2.05) is 0 Å². The second-order valence-electron chi connectivity index (χ2n) is 6.42. The van der Waals surface area contributed by atoms with Crippen LogP contribution >= 0.6 is 0 Å². The van der Waals surface area contributed by atoms with E-state index < -0.39 is 4.92 Å². The highest BCUT2D eigenvalue weighted by molar-refractivity contribution is 5.74. The number of hydrogen-bond donors (Lipinski definition) is 1. The van der Waals surface area contributed by atoms with Crippen molar-refractivity contribution in [1.82, 2.24) is 10.2 Å². The third-order valence-corrected chi connectivity index (χ3v) is 4.94. The van der Waals surface area contributed by atoms with Crippen LogP contribution in [-0.2, 0) is 11.3 Å². The number of nitrogens with one attached hydrogen (secondary N) is 1. The largest absolute Gasteiger partial charge is 0.378 e. The molecule has 0 radical (unpaired) electrons. The number of hydrogen-bond acceptors (Lipinski definition) is 4. The SMILES string of the molecule is O=C(NCc1ccccc1[N+](=O)[O-])N1CCC([C@@H]2CCCO2)CC1. The number of benzene rings is 1. The molecular formula is C17H23N3O4. The van der Waals surface area contributed by atoms with Crippen LogP contribution in [0.15, 0.2) is 24.3 Å². The van der Waals surface area contributed by atoms with Crippen LogP contribution in [0.1, 0.15) is 31.2 Å². The Balaban J connectivity index is 1.49. The van der Waals surface area contributed by atoms with Gasteiger partial charge in [-0.15, -0.1) is 0 Å². The van der Waals surface area contributed by atoms with Gasteiger partial charge in [0.1, 0.15) is 0 Å². The maximum atomic E-state index is 12.3. The van der Waals surface area contributed by atoms with E-state index in [-0.39, 0.29) is 18.3 Å². The van der Waals surface area contributed by atoms with Gasteiger partial charge in [-0.3, -0.25) is 10.1 Å². The number of carbonyl (C=O) groups is 1. The minimum atomic E-state index is -0.422. The first kappa shape index (κ1) is 16.7. The smallest absolute Gasteiger partial charge is 0.317 e. The number of carbonyl (C=O) groups excluding carboxylic acids is 1. The zero-order valence-electron chi connectivity index (χ0n) is 13.6. The number of nitrogens with zero attached hydrogens (tertiary/aromatic N) is 2. The van der Waals surface area contributed by atoms with Crippen molar-refractivity contribution in [2.75, 3.05) is 19.7 Å². The first-order valence-corrected chi connectivity index (χ1v) is 8.52. The molecule has 0 unspecified atom stereocenters. The number of ether oxygens (including phenoxy) is 1. The lowest BCUT2D eigenvalue weighted by molar-refractivity contribution is -0.385. The van der Waals surface area contributed by atoms with Crippen molar-refractivity contribution in [3.63, 3.8) is 0 Å². The number of amides is 2. The number of rotatable bonds is 4. The van der Waals surface area contributed by atoms with Crippen molar-refractivity contribution in [3.05, 3.63) is 39.9 Å². The van der Waals surface area contributed by atoms with Crippen LogP contribution in [0.3, 0.4) is 0 Å². The van der Waals surface area contributed by atoms with Crippen molar-refractivity contribution in [2.45, 2.75) is 38.3 Å². The Morgan fingerprint density at radius 3 is 2.71 bits per heavy atom. The molecule has 0 aromatic heterocycles. The summed E-state index contributed by atoms with van der Waals surface area (Å²) in [5.41, 5.74) is 0.556. The molecule has 0 bridgehead atoms. The molecule has 24 heavy (non-hydrogen) atoms. The number of nitro groups is 1. The van der Waals surface area contributed by atoms with Gasteiger partial charge in [-0.25, -0.2) is 4.79 Å². The van der Waals surface area contributed by atoms with Gasteiger partial charge in [0.15, 0.2) is 0 Å². The number of nitro benzene ring substituents is 1. The normalized spacial score (nSPS) is 21.7. The summed E-state index contributed by atoms with van der Waals surface area (Å²) in [5.74, 6) is 0.548. The zero-order valence-corrected chi connectivity index (χ0v) is 13.6. The number of likely N-dealkylation sites (tertiary alicyclic amines) is 1. The topological polar surface area (TPSA) is 84.7 Å². The fraction of sp³-hybridized carbons (Fsp3) is 0.588. The van der Waals surface area contributed by atoms with Gasteiger partial charge in [0.2, 0.25) is 0 Å². The molecule has 7 heteroatoms. The zero-order chi connectivity index (χ0) is 16.9. The fourth-order valence-electron chi connectivity index (χ4n) is 3.57. The monoisotopic (exact) mass is 333 g/mol. The molecule has 2 aliphatic rings. The average molecular weight is 333 g/mol. The molecule has 7 nitrogen and oxygen atoms in total. The van der Waals surface area contributed by atoms with E-state index in [9.17, 15) is 14.9 Å². The van der Waals surface area contributed by atoms with Crippen LogP contribution in [0, 0.1) is 16.0 Å². The molecular weight excluding hydrogens is 310 g/mol. The van der Waals surface area contributed by atoms with Crippen LogP contribution in [0.4, 0.5) is 10.5 Å². The lowest BCUT2D eigenvalue weighted by Gasteiger charge is -2.34. The second kappa shape index (κ2) is 7.61. The lowest BCUT2D eigenvalue weighted by Crippen LogP contribution is -2.45. The van der Waals surface area contributed by atoms with E-state index in [0.29, 0.717) is 30.7 Å². The van der Waals surface area contributed by atoms with Gasteiger partial charge >= 0.3 is 6.03 Å². The molecule has 0 aliphatic carbocycles. The molecule has 2 heterocycles. The minimum Gasteiger partial charge on any atom is -0.378 e. The van der Waals surface area contributed by atoms with Crippen molar-refractivity contribution in [2.24, 2.45) is 5.92 Å². The third-order valence-electron chi connectivity index (χ3n) is 4.94. The van der Waals surface area contributed by atoms with Crippen LogP contribution in [0.25, 0.3) is 0 Å². The Bertz CT molecular complexity index is 593. The molecule has 1 atom stereocenters. The van der Waals surface area contributed by atoms with Crippen LogP contribution in [-0.4, -0.2) is 41.7 Å². The van der Waals surface area contributed by atoms with E-state index >= 15 is 0 Å². The van der Waals surface area contributed by atoms with Gasteiger partial charge in [-0.1, -0.05) is 18.2 Å². The Morgan fingerprint density at radius 2 is 2.04 bits per heavy atom. The van der Waals surface area contributed by atoms with E-state index in [0.717, 1.165) is 32.3 Å². The molecule has 2 aliphatic heterocycles. The van der Waals surface area contributed by atoms with Gasteiger partial charge in [-0.05, 0) is 31.6 Å². The van der Waals surface area contributed by atoms with Gasteiger partial charge < -0.3 is 15.0 Å². The van der Waals surface area contributed by atoms with Crippen LogP contribution < -0.4 is 5.32 Å². The summed E-state index contributed by atoms with van der Waals surface area (Å²) in [7, 11) is 0. The summed E-state index contributed by atoms with van der Waals surface area (Å²) in [6, 6.07) is 6.33. The summed E-state index contributed by atoms with van der Waals surface area (Å²) in [6.45, 7) is 2.46. The van der Waals surface area contributed by atoms with Gasteiger partial charge in [-0.2, -0.15) is 0 Å². The molecule has 0 spiro atoms. The Kier molecular flexibility index (Phi) is 5.30. The van der Waals surface area contributed by atoms with E-state index in [1.165, 1.54) is 6.07 Å². The van der Waals surface area contributed by atoms with Crippen LogP contribution in [0.2, 0.25) is 0 Å². The molecule has 0 saturated carbocycles. The quantitative estimate of drug-likeness (QED) is 0.678. The summed E-state index contributed by atoms with van der Waals surface area (Å²) >= 11 is 0. The Labute approximate surface area is 141 Å². The summed E-state index contributed by atoms with van der Waals surface area (Å²) < 4.78 is 5.75. The highest BCUT2D eigenvalue weighted by Crippen LogP contribution is 2.28. The van der Waals surface area contributed by atoms with E-state index in [4.69, 9.17) is 4.74 Å². The molecule has 2 fully saturated rings. The first-order valence-electron chi connectivity index (χ1n) is 8.52. The second-order valence-corrected chi connectivity index (χ2v) is 6.42. The summed E-state index contributed by atoms with van der Waals surface area (Å²) in [6.07, 6.45) is 4.56. The van der Waals surface area contributed by atoms with Crippen molar-refractivity contribution < 1.29 is 14.5 Å². The predicted molar refractivity (Wildman–Crippen MR) is 88.6 cm³/mol. The first-order chi connectivity index (χ1) is 11.6. The van der Waals surface area contributed by atoms with Gasteiger partial charge in [0, 0.05) is 31.3 Å². The number of urea groups is 1. The van der Waals surface area contributed by atoms with Gasteiger partial charge in [0.05, 0.1) is 17.6 Å². The van der Waals surface area contributed by atoms with Crippen LogP contribution in [0.5, 0.6) is 0 Å². The Morgan fingerprint density at radius 1 is 1.29 bits per heavy atom. The molecule has 1 aromatic rings. The highest BCUT2D eigenvalue weighted by atomic mass is 16.6. The van der Waals surface area contributed by atoms with E-state index in [1.54, 1.807) is 23.1 Å².